The first-order valence-electron chi connectivity index (χ1n) is 6.16. The molecule has 5 heteroatoms. The van der Waals surface area contributed by atoms with Crippen molar-refractivity contribution in [2.24, 2.45) is 11.7 Å². The van der Waals surface area contributed by atoms with Crippen molar-refractivity contribution >= 4 is 5.91 Å². The van der Waals surface area contributed by atoms with E-state index in [9.17, 15) is 4.79 Å². The van der Waals surface area contributed by atoms with Crippen molar-refractivity contribution in [2.45, 2.75) is 20.3 Å². The van der Waals surface area contributed by atoms with Crippen molar-refractivity contribution < 1.29 is 14.3 Å². The molecule has 17 heavy (non-hydrogen) atoms. The van der Waals surface area contributed by atoms with Gasteiger partial charge in [0.15, 0.2) is 0 Å². The molecule has 0 aliphatic carbocycles. The van der Waals surface area contributed by atoms with Crippen molar-refractivity contribution in [3.63, 3.8) is 0 Å². The topological polar surface area (TPSA) is 64.8 Å². The predicted octanol–water partition coefficient (Wildman–Crippen LogP) is 0.483. The normalized spacial score (nSPS) is 10.9. The molecule has 0 radical (unpaired) electrons. The molecule has 1 amide bonds. The molecule has 0 aromatic heterocycles. The molecule has 0 atom stereocenters. The number of rotatable bonds is 10. The van der Waals surface area contributed by atoms with E-state index in [4.69, 9.17) is 15.2 Å². The molecule has 0 fully saturated rings. The Hall–Kier alpha value is -0.650. The monoisotopic (exact) mass is 246 g/mol. The first kappa shape index (κ1) is 16.4. The molecule has 0 spiro atoms. The van der Waals surface area contributed by atoms with Gasteiger partial charge in [-0.1, -0.05) is 13.8 Å². The Bertz CT molecular complexity index is 198. The van der Waals surface area contributed by atoms with Gasteiger partial charge in [0.1, 0.15) is 6.61 Å². The summed E-state index contributed by atoms with van der Waals surface area (Å²) in [6.07, 6.45) is 0.830. The fourth-order valence-electron chi connectivity index (χ4n) is 1.43. The maximum atomic E-state index is 11.9. The second-order valence-corrected chi connectivity index (χ2v) is 4.42. The maximum Gasteiger partial charge on any atom is 0.248 e. The summed E-state index contributed by atoms with van der Waals surface area (Å²) in [5, 5.41) is 0. The van der Waals surface area contributed by atoms with Crippen LogP contribution in [0.1, 0.15) is 20.3 Å². The zero-order chi connectivity index (χ0) is 13.1. The molecular weight excluding hydrogens is 220 g/mol. The van der Waals surface area contributed by atoms with Gasteiger partial charge in [-0.05, 0) is 18.9 Å². The maximum absolute atomic E-state index is 11.9. The number of nitrogens with two attached hydrogens (primary N) is 1. The van der Waals surface area contributed by atoms with E-state index in [0.717, 1.165) is 13.0 Å². The SMILES string of the molecule is COCCOCC(=O)N(CCCN)CC(C)C. The molecule has 0 aliphatic rings. The van der Waals surface area contributed by atoms with Crippen molar-refractivity contribution in [3.05, 3.63) is 0 Å². The summed E-state index contributed by atoms with van der Waals surface area (Å²) in [6, 6.07) is 0. The molecule has 102 valence electrons. The van der Waals surface area contributed by atoms with E-state index in [0.29, 0.717) is 32.2 Å². The highest BCUT2D eigenvalue weighted by Crippen LogP contribution is 2.01. The van der Waals surface area contributed by atoms with Crippen LogP contribution < -0.4 is 5.73 Å². The number of carbonyl (C=O) groups is 1. The lowest BCUT2D eigenvalue weighted by molar-refractivity contribution is -0.137. The summed E-state index contributed by atoms with van der Waals surface area (Å²) in [5.74, 6) is 0.485. The van der Waals surface area contributed by atoms with Gasteiger partial charge in [0.25, 0.3) is 0 Å². The summed E-state index contributed by atoms with van der Waals surface area (Å²) in [4.78, 5) is 13.7. The zero-order valence-electron chi connectivity index (χ0n) is 11.3. The van der Waals surface area contributed by atoms with E-state index in [2.05, 4.69) is 13.8 Å². The Labute approximate surface area is 104 Å². The molecule has 0 bridgehead atoms. The van der Waals surface area contributed by atoms with Gasteiger partial charge < -0.3 is 20.1 Å². The average Bonchev–Trinajstić information content (AvgIpc) is 2.29. The summed E-state index contributed by atoms with van der Waals surface area (Å²) >= 11 is 0. The third-order valence-electron chi connectivity index (χ3n) is 2.23. The quantitative estimate of drug-likeness (QED) is 0.570. The highest BCUT2D eigenvalue weighted by Gasteiger charge is 2.14. The lowest BCUT2D eigenvalue weighted by atomic mass is 10.2. The molecule has 0 aliphatic heterocycles. The number of hydrogen-bond acceptors (Lipinski definition) is 4. The molecule has 0 saturated heterocycles. The lowest BCUT2D eigenvalue weighted by Gasteiger charge is -2.24. The molecule has 0 aromatic rings. The number of methoxy groups -OCH3 is 1. The average molecular weight is 246 g/mol. The Morgan fingerprint density at radius 3 is 2.59 bits per heavy atom. The van der Waals surface area contributed by atoms with Crippen LogP contribution in [0.15, 0.2) is 0 Å². The number of hydrogen-bond donors (Lipinski definition) is 1. The highest BCUT2D eigenvalue weighted by molar-refractivity contribution is 5.77. The van der Waals surface area contributed by atoms with Crippen LogP contribution >= 0.6 is 0 Å². The van der Waals surface area contributed by atoms with E-state index in [-0.39, 0.29) is 12.5 Å². The van der Waals surface area contributed by atoms with Gasteiger partial charge in [-0.25, -0.2) is 0 Å². The number of ether oxygens (including phenoxy) is 2. The Kier molecular flexibility index (Phi) is 10.1. The molecule has 0 aromatic carbocycles. The fourth-order valence-corrected chi connectivity index (χ4v) is 1.43. The van der Waals surface area contributed by atoms with Gasteiger partial charge in [-0.15, -0.1) is 0 Å². The smallest absolute Gasteiger partial charge is 0.248 e. The van der Waals surface area contributed by atoms with Gasteiger partial charge in [0.2, 0.25) is 5.91 Å². The summed E-state index contributed by atoms with van der Waals surface area (Å²) in [7, 11) is 1.61. The molecule has 0 heterocycles. The summed E-state index contributed by atoms with van der Waals surface area (Å²) < 4.78 is 10.1. The Balaban J connectivity index is 3.94. The van der Waals surface area contributed by atoms with Crippen LogP contribution in [0.2, 0.25) is 0 Å². The predicted molar refractivity (Wildman–Crippen MR) is 67.8 cm³/mol. The Morgan fingerprint density at radius 1 is 1.35 bits per heavy atom. The molecular formula is C12H26N2O3. The van der Waals surface area contributed by atoms with Crippen LogP contribution in [0, 0.1) is 5.92 Å². The van der Waals surface area contributed by atoms with Crippen molar-refractivity contribution in [1.82, 2.24) is 4.90 Å². The van der Waals surface area contributed by atoms with Crippen LogP contribution in [0.3, 0.4) is 0 Å². The van der Waals surface area contributed by atoms with Gasteiger partial charge in [-0.3, -0.25) is 4.79 Å². The van der Waals surface area contributed by atoms with Gasteiger partial charge in [-0.2, -0.15) is 0 Å². The van der Waals surface area contributed by atoms with Crippen molar-refractivity contribution in [1.29, 1.82) is 0 Å². The first-order valence-corrected chi connectivity index (χ1v) is 6.16. The van der Waals surface area contributed by atoms with Crippen LogP contribution in [-0.4, -0.2) is 57.4 Å². The zero-order valence-corrected chi connectivity index (χ0v) is 11.3. The minimum atomic E-state index is 0.0308. The van der Waals surface area contributed by atoms with Crippen LogP contribution in [0.25, 0.3) is 0 Å². The number of amides is 1. The van der Waals surface area contributed by atoms with E-state index in [1.807, 2.05) is 4.90 Å². The number of nitrogens with zero attached hydrogens (tertiary/aromatic N) is 1. The van der Waals surface area contributed by atoms with Crippen LogP contribution in [-0.2, 0) is 14.3 Å². The van der Waals surface area contributed by atoms with E-state index in [1.165, 1.54) is 0 Å². The first-order chi connectivity index (χ1) is 8.11. The van der Waals surface area contributed by atoms with Crippen molar-refractivity contribution in [2.75, 3.05) is 46.6 Å². The van der Waals surface area contributed by atoms with Gasteiger partial charge >= 0.3 is 0 Å². The minimum absolute atomic E-state index is 0.0308. The third-order valence-corrected chi connectivity index (χ3v) is 2.23. The molecule has 0 unspecified atom stereocenters. The summed E-state index contributed by atoms with van der Waals surface area (Å²) in [6.45, 7) is 7.35. The van der Waals surface area contributed by atoms with E-state index in [1.54, 1.807) is 7.11 Å². The third kappa shape index (κ3) is 9.09. The van der Waals surface area contributed by atoms with Gasteiger partial charge in [0.05, 0.1) is 13.2 Å². The van der Waals surface area contributed by atoms with Crippen LogP contribution in [0.5, 0.6) is 0 Å². The standard InChI is InChI=1S/C12H26N2O3/c1-11(2)9-14(6-4-5-13)12(15)10-17-8-7-16-3/h11H,4-10,13H2,1-3H3. The van der Waals surface area contributed by atoms with Crippen molar-refractivity contribution in [3.8, 4) is 0 Å². The number of carbonyl (C=O) groups excluding carboxylic acids is 1. The second-order valence-electron chi connectivity index (χ2n) is 4.42. The molecule has 5 nitrogen and oxygen atoms in total. The second kappa shape index (κ2) is 10.5. The van der Waals surface area contributed by atoms with E-state index < -0.39 is 0 Å². The van der Waals surface area contributed by atoms with Gasteiger partial charge in [0, 0.05) is 20.2 Å². The highest BCUT2D eigenvalue weighted by atomic mass is 16.5. The fraction of sp³-hybridized carbons (Fsp3) is 0.917. The Morgan fingerprint density at radius 2 is 2.06 bits per heavy atom. The summed E-state index contributed by atoms with van der Waals surface area (Å²) in [5.41, 5.74) is 5.46. The van der Waals surface area contributed by atoms with Crippen LogP contribution in [0.4, 0.5) is 0 Å². The minimum Gasteiger partial charge on any atom is -0.382 e. The van der Waals surface area contributed by atoms with E-state index >= 15 is 0 Å². The molecule has 0 rings (SSSR count). The molecule has 0 saturated carbocycles. The molecule has 2 N–H and O–H groups in total. The lowest BCUT2D eigenvalue weighted by Crippen LogP contribution is -2.38. The largest absolute Gasteiger partial charge is 0.382 e.